The topological polar surface area (TPSA) is 46.3 Å². The molecule has 4 heteroatoms. The van der Waals surface area contributed by atoms with Gasteiger partial charge in [-0.2, -0.15) is 0 Å². The van der Waals surface area contributed by atoms with Gasteiger partial charge in [0.2, 0.25) is 5.91 Å². The maximum Gasteiger partial charge on any atom is 0.242 e. The third-order valence-corrected chi connectivity index (χ3v) is 3.23. The standard InChI is InChI=1S/C13H18N2O.ClH/c1-10-5-3-4-6-11(10)9-15(2)12(16)13(14)7-8-13;/h3-6H,7-9,14H2,1-2H3;1H. The third-order valence-electron chi connectivity index (χ3n) is 3.23. The predicted octanol–water partition coefficient (Wildman–Crippen LogP) is 1.87. The lowest BCUT2D eigenvalue weighted by Gasteiger charge is -2.21. The van der Waals surface area contributed by atoms with Crippen LogP contribution in [0.15, 0.2) is 24.3 Å². The Morgan fingerprint density at radius 3 is 2.53 bits per heavy atom. The van der Waals surface area contributed by atoms with Crippen molar-refractivity contribution >= 4 is 18.3 Å². The van der Waals surface area contributed by atoms with Crippen molar-refractivity contribution < 1.29 is 4.79 Å². The van der Waals surface area contributed by atoms with E-state index in [1.807, 2.05) is 19.2 Å². The number of rotatable bonds is 3. The van der Waals surface area contributed by atoms with Crippen LogP contribution >= 0.6 is 12.4 Å². The van der Waals surface area contributed by atoms with Crippen LogP contribution in [0.4, 0.5) is 0 Å². The normalized spacial score (nSPS) is 15.9. The molecule has 0 radical (unpaired) electrons. The highest BCUT2D eigenvalue weighted by Gasteiger charge is 2.47. The molecule has 1 saturated carbocycles. The van der Waals surface area contributed by atoms with Gasteiger partial charge < -0.3 is 10.6 Å². The highest BCUT2D eigenvalue weighted by molar-refractivity contribution is 5.88. The van der Waals surface area contributed by atoms with Crippen LogP contribution in [0.5, 0.6) is 0 Å². The summed E-state index contributed by atoms with van der Waals surface area (Å²) in [6, 6.07) is 8.11. The Kier molecular flexibility index (Phi) is 4.17. The fourth-order valence-electron chi connectivity index (χ4n) is 1.84. The van der Waals surface area contributed by atoms with Crippen molar-refractivity contribution in [2.45, 2.75) is 31.8 Å². The second-order valence-electron chi connectivity index (χ2n) is 4.74. The Hall–Kier alpha value is -1.06. The van der Waals surface area contributed by atoms with Gasteiger partial charge in [-0.1, -0.05) is 24.3 Å². The van der Waals surface area contributed by atoms with E-state index >= 15 is 0 Å². The molecule has 1 fully saturated rings. The monoisotopic (exact) mass is 254 g/mol. The molecule has 0 bridgehead atoms. The molecular formula is C13H19ClN2O. The second kappa shape index (κ2) is 5.07. The summed E-state index contributed by atoms with van der Waals surface area (Å²) in [6.07, 6.45) is 1.65. The van der Waals surface area contributed by atoms with E-state index in [1.54, 1.807) is 4.90 Å². The first-order valence-electron chi connectivity index (χ1n) is 5.62. The first-order chi connectivity index (χ1) is 7.53. The fourth-order valence-corrected chi connectivity index (χ4v) is 1.84. The van der Waals surface area contributed by atoms with Crippen molar-refractivity contribution in [1.82, 2.24) is 4.90 Å². The molecule has 0 aliphatic heterocycles. The number of nitrogens with two attached hydrogens (primary N) is 1. The summed E-state index contributed by atoms with van der Waals surface area (Å²) in [5.74, 6) is 0.0655. The van der Waals surface area contributed by atoms with Crippen molar-refractivity contribution in [3.05, 3.63) is 35.4 Å². The maximum absolute atomic E-state index is 11.9. The molecule has 1 aliphatic rings. The average Bonchev–Trinajstić information content (AvgIpc) is 3.00. The van der Waals surface area contributed by atoms with Gasteiger partial charge in [-0.15, -0.1) is 12.4 Å². The van der Waals surface area contributed by atoms with Crippen LogP contribution < -0.4 is 5.73 Å². The lowest BCUT2D eigenvalue weighted by atomic mass is 10.1. The minimum atomic E-state index is -0.558. The van der Waals surface area contributed by atoms with Crippen LogP contribution in [0.25, 0.3) is 0 Å². The number of benzene rings is 1. The van der Waals surface area contributed by atoms with Crippen LogP contribution in [0.2, 0.25) is 0 Å². The lowest BCUT2D eigenvalue weighted by Crippen LogP contribution is -2.43. The van der Waals surface area contributed by atoms with Crippen molar-refractivity contribution in [2.75, 3.05) is 7.05 Å². The van der Waals surface area contributed by atoms with Crippen LogP contribution in [0, 0.1) is 6.92 Å². The van der Waals surface area contributed by atoms with Gasteiger partial charge in [-0.25, -0.2) is 0 Å². The summed E-state index contributed by atoms with van der Waals surface area (Å²) in [5.41, 5.74) is 7.73. The van der Waals surface area contributed by atoms with E-state index in [0.717, 1.165) is 12.8 Å². The van der Waals surface area contributed by atoms with Crippen molar-refractivity contribution in [1.29, 1.82) is 0 Å². The highest BCUT2D eigenvalue weighted by Crippen LogP contribution is 2.34. The fraction of sp³-hybridized carbons (Fsp3) is 0.462. The minimum Gasteiger partial charge on any atom is -0.340 e. The second-order valence-corrected chi connectivity index (χ2v) is 4.74. The number of hydrogen-bond acceptors (Lipinski definition) is 2. The smallest absolute Gasteiger partial charge is 0.242 e. The Balaban J connectivity index is 0.00000144. The number of nitrogens with zero attached hydrogens (tertiary/aromatic N) is 1. The zero-order valence-electron chi connectivity index (χ0n) is 10.3. The van der Waals surface area contributed by atoms with E-state index in [4.69, 9.17) is 5.73 Å². The van der Waals surface area contributed by atoms with Crippen molar-refractivity contribution in [2.24, 2.45) is 5.73 Å². The molecule has 1 aliphatic carbocycles. The molecule has 94 valence electrons. The Morgan fingerprint density at radius 2 is 2.00 bits per heavy atom. The molecule has 17 heavy (non-hydrogen) atoms. The quantitative estimate of drug-likeness (QED) is 0.895. The highest BCUT2D eigenvalue weighted by atomic mass is 35.5. The molecule has 1 aromatic carbocycles. The van der Waals surface area contributed by atoms with Crippen molar-refractivity contribution in [3.63, 3.8) is 0 Å². The SMILES string of the molecule is Cc1ccccc1CN(C)C(=O)C1(N)CC1.Cl. The van der Waals surface area contributed by atoms with E-state index in [9.17, 15) is 4.79 Å². The summed E-state index contributed by atoms with van der Waals surface area (Å²) < 4.78 is 0. The molecule has 2 rings (SSSR count). The molecule has 0 atom stereocenters. The van der Waals surface area contributed by atoms with Gasteiger partial charge in [-0.05, 0) is 30.9 Å². The molecule has 0 aromatic heterocycles. The van der Waals surface area contributed by atoms with Gasteiger partial charge in [0.25, 0.3) is 0 Å². The molecule has 3 nitrogen and oxygen atoms in total. The number of carbonyl (C=O) groups is 1. The average molecular weight is 255 g/mol. The number of hydrogen-bond donors (Lipinski definition) is 1. The first-order valence-corrected chi connectivity index (χ1v) is 5.62. The molecule has 0 heterocycles. The molecule has 0 spiro atoms. The van der Waals surface area contributed by atoms with Gasteiger partial charge in [0.1, 0.15) is 0 Å². The molecule has 2 N–H and O–H groups in total. The van der Waals surface area contributed by atoms with Gasteiger partial charge in [0.15, 0.2) is 0 Å². The van der Waals surface area contributed by atoms with Gasteiger partial charge in [0, 0.05) is 13.6 Å². The zero-order chi connectivity index (χ0) is 11.8. The van der Waals surface area contributed by atoms with Crippen LogP contribution in [0.1, 0.15) is 24.0 Å². The van der Waals surface area contributed by atoms with Crippen LogP contribution in [0.3, 0.4) is 0 Å². The molecule has 1 amide bonds. The Labute approximate surface area is 108 Å². The molecule has 0 saturated heterocycles. The minimum absolute atomic E-state index is 0. The molecular weight excluding hydrogens is 236 g/mol. The predicted molar refractivity (Wildman–Crippen MR) is 71.1 cm³/mol. The third kappa shape index (κ3) is 2.99. The van der Waals surface area contributed by atoms with Gasteiger partial charge in [0.05, 0.1) is 5.54 Å². The van der Waals surface area contributed by atoms with Crippen LogP contribution in [-0.4, -0.2) is 23.4 Å². The Bertz CT molecular complexity index is 416. The van der Waals surface area contributed by atoms with E-state index in [0.29, 0.717) is 6.54 Å². The van der Waals surface area contributed by atoms with E-state index in [2.05, 4.69) is 19.1 Å². The summed E-state index contributed by atoms with van der Waals surface area (Å²) in [5, 5.41) is 0. The van der Waals surface area contributed by atoms with Gasteiger partial charge >= 0.3 is 0 Å². The van der Waals surface area contributed by atoms with Crippen LogP contribution in [-0.2, 0) is 11.3 Å². The molecule has 0 unspecified atom stereocenters. The van der Waals surface area contributed by atoms with Crippen molar-refractivity contribution in [3.8, 4) is 0 Å². The largest absolute Gasteiger partial charge is 0.340 e. The summed E-state index contributed by atoms with van der Waals surface area (Å²) in [7, 11) is 1.82. The number of likely N-dealkylation sites (N-methyl/N-ethyl adjacent to an activating group) is 1. The van der Waals surface area contributed by atoms with E-state index < -0.39 is 5.54 Å². The number of amides is 1. The number of aryl methyl sites for hydroxylation is 1. The Morgan fingerprint density at radius 1 is 1.41 bits per heavy atom. The lowest BCUT2D eigenvalue weighted by molar-refractivity contribution is -0.132. The molecule has 1 aromatic rings. The summed E-state index contributed by atoms with van der Waals surface area (Å²) in [6.45, 7) is 2.70. The van der Waals surface area contributed by atoms with E-state index in [1.165, 1.54) is 11.1 Å². The number of carbonyl (C=O) groups excluding carboxylic acids is 1. The maximum atomic E-state index is 11.9. The first kappa shape index (κ1) is 14.0. The summed E-state index contributed by atoms with van der Waals surface area (Å²) >= 11 is 0. The summed E-state index contributed by atoms with van der Waals surface area (Å²) in [4.78, 5) is 13.7. The number of halogens is 1. The zero-order valence-corrected chi connectivity index (χ0v) is 11.1. The van der Waals surface area contributed by atoms with E-state index in [-0.39, 0.29) is 18.3 Å². The van der Waals surface area contributed by atoms with Gasteiger partial charge in [-0.3, -0.25) is 4.79 Å².